The molecule has 5 heteroatoms. The zero-order chi connectivity index (χ0) is 12.1. The number of carbonyl (C=O) groups is 1. The molecule has 1 aliphatic heterocycles. The van der Waals surface area contributed by atoms with Crippen molar-refractivity contribution in [2.45, 2.75) is 38.0 Å². The fourth-order valence-corrected chi connectivity index (χ4v) is 2.15. The van der Waals surface area contributed by atoms with Crippen LogP contribution < -0.4 is 0 Å². The predicted octanol–water partition coefficient (Wildman–Crippen LogP) is 0.0196. The van der Waals surface area contributed by atoms with Crippen molar-refractivity contribution < 1.29 is 19.4 Å². The highest BCUT2D eigenvalue weighted by molar-refractivity contribution is 5.76. The van der Waals surface area contributed by atoms with Gasteiger partial charge in [-0.05, 0) is 13.3 Å². The number of esters is 1. The zero-order valence-electron chi connectivity index (χ0n) is 10.2. The van der Waals surface area contributed by atoms with Crippen LogP contribution in [0.25, 0.3) is 0 Å². The molecule has 0 aromatic rings. The van der Waals surface area contributed by atoms with Crippen LogP contribution in [0.1, 0.15) is 19.8 Å². The van der Waals surface area contributed by atoms with Crippen LogP contribution in [-0.2, 0) is 14.3 Å². The minimum absolute atomic E-state index is 0.209. The minimum Gasteiger partial charge on any atom is -0.468 e. The molecular weight excluding hydrogens is 210 g/mol. The summed E-state index contributed by atoms with van der Waals surface area (Å²) >= 11 is 0. The smallest absolute Gasteiger partial charge is 0.323 e. The van der Waals surface area contributed by atoms with E-state index >= 15 is 0 Å². The largest absolute Gasteiger partial charge is 0.468 e. The maximum absolute atomic E-state index is 11.5. The normalized spacial score (nSPS) is 28.0. The van der Waals surface area contributed by atoms with Gasteiger partial charge in [-0.25, -0.2) is 0 Å². The van der Waals surface area contributed by atoms with Crippen molar-refractivity contribution in [3.8, 4) is 0 Å². The van der Waals surface area contributed by atoms with Crippen LogP contribution in [0, 0.1) is 0 Å². The summed E-state index contributed by atoms with van der Waals surface area (Å²) < 4.78 is 9.76. The molecule has 0 aromatic carbocycles. The van der Waals surface area contributed by atoms with E-state index in [0.29, 0.717) is 19.6 Å². The second kappa shape index (κ2) is 6.18. The molecule has 1 fully saturated rings. The Balaban J connectivity index is 2.58. The Labute approximate surface area is 96.3 Å². The molecule has 0 aliphatic carbocycles. The second-order valence-electron chi connectivity index (χ2n) is 4.26. The molecule has 3 unspecified atom stereocenters. The number of rotatable bonds is 5. The highest BCUT2D eigenvalue weighted by atomic mass is 16.5. The van der Waals surface area contributed by atoms with E-state index < -0.39 is 6.10 Å². The number of carbonyl (C=O) groups excluding carboxylic acids is 1. The Morgan fingerprint density at radius 1 is 1.56 bits per heavy atom. The molecule has 1 aliphatic rings. The van der Waals surface area contributed by atoms with Gasteiger partial charge in [-0.1, -0.05) is 0 Å². The quantitative estimate of drug-likeness (QED) is 0.676. The van der Waals surface area contributed by atoms with Gasteiger partial charge in [-0.2, -0.15) is 0 Å². The lowest BCUT2D eigenvalue weighted by Crippen LogP contribution is -2.43. The predicted molar refractivity (Wildman–Crippen MR) is 59.1 cm³/mol. The van der Waals surface area contributed by atoms with Crippen molar-refractivity contribution in [2.75, 3.05) is 27.4 Å². The lowest BCUT2D eigenvalue weighted by Gasteiger charge is -2.28. The molecule has 0 aromatic heterocycles. The number of nitrogens with zero attached hydrogens (tertiary/aromatic N) is 1. The molecule has 1 rings (SSSR count). The van der Waals surface area contributed by atoms with Gasteiger partial charge in [0.15, 0.2) is 0 Å². The van der Waals surface area contributed by atoms with E-state index in [1.807, 2.05) is 11.8 Å². The Hall–Kier alpha value is -0.650. The summed E-state index contributed by atoms with van der Waals surface area (Å²) in [6.45, 7) is 3.22. The molecule has 0 radical (unpaired) electrons. The summed E-state index contributed by atoms with van der Waals surface area (Å²) in [5.74, 6) is -0.263. The van der Waals surface area contributed by atoms with Crippen molar-refractivity contribution in [1.29, 1.82) is 0 Å². The Morgan fingerprint density at radius 3 is 2.81 bits per heavy atom. The molecule has 0 bridgehead atoms. The molecule has 3 atom stereocenters. The number of methoxy groups -OCH3 is 2. The van der Waals surface area contributed by atoms with Crippen LogP contribution in [0.15, 0.2) is 0 Å². The van der Waals surface area contributed by atoms with Gasteiger partial charge in [0.2, 0.25) is 0 Å². The van der Waals surface area contributed by atoms with Gasteiger partial charge >= 0.3 is 5.97 Å². The van der Waals surface area contributed by atoms with Crippen molar-refractivity contribution in [3.05, 3.63) is 0 Å². The van der Waals surface area contributed by atoms with Crippen LogP contribution in [0.4, 0.5) is 0 Å². The maximum Gasteiger partial charge on any atom is 0.323 e. The summed E-state index contributed by atoms with van der Waals surface area (Å²) in [6, 6.07) is -0.104. The highest BCUT2D eigenvalue weighted by Gasteiger charge is 2.38. The van der Waals surface area contributed by atoms with Gasteiger partial charge in [0.05, 0.1) is 13.2 Å². The molecule has 16 heavy (non-hydrogen) atoms. The Bertz CT molecular complexity index is 234. The van der Waals surface area contributed by atoms with Crippen molar-refractivity contribution >= 4 is 5.97 Å². The first-order chi connectivity index (χ1) is 7.60. The van der Waals surface area contributed by atoms with Gasteiger partial charge in [0, 0.05) is 32.7 Å². The second-order valence-corrected chi connectivity index (χ2v) is 4.26. The van der Waals surface area contributed by atoms with E-state index in [9.17, 15) is 9.90 Å². The third-order valence-corrected chi connectivity index (χ3v) is 3.10. The lowest BCUT2D eigenvalue weighted by molar-refractivity contribution is -0.146. The maximum atomic E-state index is 11.5. The number of ether oxygens (including phenoxy) is 2. The fraction of sp³-hybridized carbons (Fsp3) is 0.909. The van der Waals surface area contributed by atoms with Gasteiger partial charge in [-0.15, -0.1) is 0 Å². The Morgan fingerprint density at radius 2 is 2.25 bits per heavy atom. The van der Waals surface area contributed by atoms with E-state index in [1.165, 1.54) is 7.11 Å². The van der Waals surface area contributed by atoms with Crippen LogP contribution in [0.5, 0.6) is 0 Å². The van der Waals surface area contributed by atoms with Crippen LogP contribution >= 0.6 is 0 Å². The first-order valence-electron chi connectivity index (χ1n) is 5.60. The minimum atomic E-state index is -0.436. The van der Waals surface area contributed by atoms with E-state index in [0.717, 1.165) is 6.42 Å². The lowest BCUT2D eigenvalue weighted by atomic mass is 10.1. The van der Waals surface area contributed by atoms with Crippen LogP contribution in [0.3, 0.4) is 0 Å². The number of aliphatic hydroxyl groups excluding tert-OH is 1. The molecular formula is C11H21NO4. The summed E-state index contributed by atoms with van der Waals surface area (Å²) in [7, 11) is 3.04. The summed E-state index contributed by atoms with van der Waals surface area (Å²) in [6.07, 6.45) is 0.870. The van der Waals surface area contributed by atoms with E-state index in [-0.39, 0.29) is 18.1 Å². The van der Waals surface area contributed by atoms with E-state index in [1.54, 1.807) is 7.11 Å². The fourth-order valence-electron chi connectivity index (χ4n) is 2.15. The van der Waals surface area contributed by atoms with Gasteiger partial charge in [0.25, 0.3) is 0 Å². The number of hydrogen-bond donors (Lipinski definition) is 1. The zero-order valence-corrected chi connectivity index (χ0v) is 10.2. The molecule has 94 valence electrons. The molecule has 1 heterocycles. The topological polar surface area (TPSA) is 59.0 Å². The number of likely N-dealkylation sites (tertiary alicyclic amines) is 1. The molecule has 0 saturated carbocycles. The third-order valence-electron chi connectivity index (χ3n) is 3.10. The monoisotopic (exact) mass is 231 g/mol. The number of aliphatic hydroxyl groups is 1. The standard InChI is InChI=1S/C11H21NO4/c1-8(4-5-15-2)12-7-9(13)6-10(12)11(14)16-3/h8-10,13H,4-7H2,1-3H3. The van der Waals surface area contributed by atoms with Crippen LogP contribution in [0.2, 0.25) is 0 Å². The molecule has 0 amide bonds. The van der Waals surface area contributed by atoms with Crippen molar-refractivity contribution in [3.63, 3.8) is 0 Å². The Kier molecular flexibility index (Phi) is 5.18. The van der Waals surface area contributed by atoms with Crippen molar-refractivity contribution in [2.24, 2.45) is 0 Å². The third kappa shape index (κ3) is 3.17. The highest BCUT2D eigenvalue weighted by Crippen LogP contribution is 2.22. The van der Waals surface area contributed by atoms with Crippen molar-refractivity contribution in [1.82, 2.24) is 4.90 Å². The summed E-state index contributed by atoms with van der Waals surface area (Å²) in [4.78, 5) is 13.5. The molecule has 1 N–H and O–H groups in total. The molecule has 0 spiro atoms. The first kappa shape index (κ1) is 13.4. The number of hydrogen-bond acceptors (Lipinski definition) is 5. The summed E-state index contributed by atoms with van der Waals surface area (Å²) in [5.41, 5.74) is 0. The van der Waals surface area contributed by atoms with E-state index in [4.69, 9.17) is 9.47 Å². The molecule has 5 nitrogen and oxygen atoms in total. The van der Waals surface area contributed by atoms with Gasteiger partial charge in [-0.3, -0.25) is 9.69 Å². The SMILES string of the molecule is COCCC(C)N1CC(O)CC1C(=O)OC. The van der Waals surface area contributed by atoms with Gasteiger partial charge in [0.1, 0.15) is 6.04 Å². The average Bonchev–Trinajstić information content (AvgIpc) is 2.67. The first-order valence-corrected chi connectivity index (χ1v) is 5.60. The van der Waals surface area contributed by atoms with Crippen LogP contribution in [-0.4, -0.2) is 61.5 Å². The number of β-amino-alcohol motifs (C(OH)–C–C–N with tert-alkyl or cyclic N) is 1. The van der Waals surface area contributed by atoms with Gasteiger partial charge < -0.3 is 14.6 Å². The van der Waals surface area contributed by atoms with E-state index in [2.05, 4.69) is 0 Å². The average molecular weight is 231 g/mol. The summed E-state index contributed by atoms with van der Waals surface area (Å²) in [5, 5.41) is 9.61. The molecule has 1 saturated heterocycles.